The van der Waals surface area contributed by atoms with E-state index in [4.69, 9.17) is 4.74 Å². The summed E-state index contributed by atoms with van der Waals surface area (Å²) >= 11 is 4.67. The normalized spacial score (nSPS) is 10.5. The molecule has 2 aromatic rings. The molecule has 0 aliphatic carbocycles. The zero-order valence-electron chi connectivity index (χ0n) is 12.7. The summed E-state index contributed by atoms with van der Waals surface area (Å²) in [5.74, 6) is 0.638. The Bertz CT molecular complexity index is 682. The molecule has 1 amide bonds. The van der Waals surface area contributed by atoms with Crippen LogP contribution in [0.4, 0.5) is 11.4 Å². The molecule has 0 spiro atoms. The number of rotatable bonds is 7. The summed E-state index contributed by atoms with van der Waals surface area (Å²) in [5, 5.41) is 12.4. The highest BCUT2D eigenvalue weighted by atomic mass is 32.1. The monoisotopic (exact) mass is 327 g/mol. The number of nitrogens with zero attached hydrogens (tertiary/aromatic N) is 2. The molecule has 0 radical (unpaired) electrons. The van der Waals surface area contributed by atoms with Crippen LogP contribution in [0.2, 0.25) is 0 Å². The number of hydrogen-bond acceptors (Lipinski definition) is 5. The van der Waals surface area contributed by atoms with Crippen molar-refractivity contribution < 1.29 is 9.53 Å². The predicted molar refractivity (Wildman–Crippen MR) is 94.2 cm³/mol. The Morgan fingerprint density at radius 1 is 1.09 bits per heavy atom. The van der Waals surface area contributed by atoms with Crippen molar-refractivity contribution in [2.45, 2.75) is 6.92 Å². The first-order valence-corrected chi connectivity index (χ1v) is 7.66. The summed E-state index contributed by atoms with van der Waals surface area (Å²) in [4.78, 5) is 11.7. The Hall–Kier alpha value is -2.60. The van der Waals surface area contributed by atoms with Gasteiger partial charge in [-0.05, 0) is 60.8 Å². The van der Waals surface area contributed by atoms with E-state index in [0.29, 0.717) is 24.4 Å². The Morgan fingerprint density at radius 2 is 1.65 bits per heavy atom. The van der Waals surface area contributed by atoms with Gasteiger partial charge in [0.05, 0.1) is 18.0 Å². The number of carbonyl (C=O) groups is 1. The largest absolute Gasteiger partial charge is 0.494 e. The van der Waals surface area contributed by atoms with Gasteiger partial charge in [0, 0.05) is 12.1 Å². The van der Waals surface area contributed by atoms with E-state index in [0.717, 1.165) is 11.4 Å². The van der Waals surface area contributed by atoms with Crippen LogP contribution < -0.4 is 10.1 Å². The minimum absolute atomic E-state index is 0.166. The number of amides is 1. The fourth-order valence-electron chi connectivity index (χ4n) is 1.81. The second kappa shape index (κ2) is 8.75. The lowest BCUT2D eigenvalue weighted by molar-refractivity contribution is 0.0960. The molecule has 0 aromatic heterocycles. The van der Waals surface area contributed by atoms with Gasteiger partial charge in [-0.1, -0.05) is 12.2 Å². The lowest BCUT2D eigenvalue weighted by atomic mass is 10.2. The quantitative estimate of drug-likeness (QED) is 0.611. The van der Waals surface area contributed by atoms with Gasteiger partial charge in [0.25, 0.3) is 5.91 Å². The van der Waals surface area contributed by atoms with Crippen LogP contribution in [-0.4, -0.2) is 24.4 Å². The lowest BCUT2D eigenvalue weighted by Gasteiger charge is -2.02. The maximum atomic E-state index is 11.7. The zero-order valence-corrected chi connectivity index (χ0v) is 13.5. The van der Waals surface area contributed by atoms with Crippen molar-refractivity contribution in [1.29, 1.82) is 0 Å². The SMILES string of the molecule is CCOc1ccc(N=Nc2ccc(C(=O)NCC=S)cc2)cc1. The van der Waals surface area contributed by atoms with Crippen molar-refractivity contribution in [2.24, 2.45) is 10.2 Å². The third kappa shape index (κ3) is 5.27. The topological polar surface area (TPSA) is 63.1 Å². The molecular formula is C17H17N3O2S. The molecule has 23 heavy (non-hydrogen) atoms. The van der Waals surface area contributed by atoms with E-state index >= 15 is 0 Å². The van der Waals surface area contributed by atoms with Gasteiger partial charge in [-0.3, -0.25) is 4.79 Å². The summed E-state index contributed by atoms with van der Waals surface area (Å²) in [5.41, 5.74) is 1.96. The van der Waals surface area contributed by atoms with E-state index in [1.54, 1.807) is 24.3 Å². The molecule has 118 valence electrons. The van der Waals surface area contributed by atoms with Crippen LogP contribution >= 0.6 is 12.2 Å². The Balaban J connectivity index is 1.99. The molecule has 0 aliphatic heterocycles. The maximum absolute atomic E-state index is 11.7. The molecule has 6 heteroatoms. The third-order valence-electron chi connectivity index (χ3n) is 2.90. The van der Waals surface area contributed by atoms with Crippen LogP contribution in [0.15, 0.2) is 58.8 Å². The molecule has 0 aliphatic rings. The molecule has 2 rings (SSSR count). The highest BCUT2D eigenvalue weighted by molar-refractivity contribution is 7.79. The Labute approximate surface area is 140 Å². The number of benzene rings is 2. The Kier molecular flexibility index (Phi) is 6.38. The molecular weight excluding hydrogens is 310 g/mol. The average Bonchev–Trinajstić information content (AvgIpc) is 2.60. The van der Waals surface area contributed by atoms with Crippen molar-refractivity contribution in [2.75, 3.05) is 13.2 Å². The summed E-state index contributed by atoms with van der Waals surface area (Å²) in [7, 11) is 0. The van der Waals surface area contributed by atoms with Crippen molar-refractivity contribution in [3.63, 3.8) is 0 Å². The van der Waals surface area contributed by atoms with Crippen LogP contribution in [0.25, 0.3) is 0 Å². The van der Waals surface area contributed by atoms with Crippen LogP contribution in [0, 0.1) is 0 Å². The molecule has 0 saturated carbocycles. The number of ether oxygens (including phenoxy) is 1. The van der Waals surface area contributed by atoms with Gasteiger partial charge in [0.1, 0.15) is 5.75 Å². The molecule has 0 saturated heterocycles. The number of hydrogen-bond donors (Lipinski definition) is 1. The van der Waals surface area contributed by atoms with Gasteiger partial charge in [-0.15, -0.1) is 0 Å². The first kappa shape index (κ1) is 16.8. The molecule has 2 aromatic carbocycles. The summed E-state index contributed by atoms with van der Waals surface area (Å²) in [6, 6.07) is 14.2. The predicted octanol–water partition coefficient (Wildman–Crippen LogP) is 4.23. The van der Waals surface area contributed by atoms with Crippen molar-refractivity contribution in [1.82, 2.24) is 5.32 Å². The molecule has 0 atom stereocenters. The van der Waals surface area contributed by atoms with E-state index in [1.165, 1.54) is 5.37 Å². The van der Waals surface area contributed by atoms with Crippen molar-refractivity contribution in [3.8, 4) is 5.75 Å². The highest BCUT2D eigenvalue weighted by Gasteiger charge is 2.03. The van der Waals surface area contributed by atoms with Crippen molar-refractivity contribution in [3.05, 3.63) is 54.1 Å². The molecule has 0 unspecified atom stereocenters. The Morgan fingerprint density at radius 3 is 2.17 bits per heavy atom. The number of thiocarbonyl (C=S) groups is 1. The number of nitrogens with one attached hydrogen (secondary N) is 1. The number of azo groups is 1. The molecule has 0 bridgehead atoms. The second-order valence-corrected chi connectivity index (χ2v) is 4.88. The lowest BCUT2D eigenvalue weighted by Crippen LogP contribution is -2.24. The van der Waals surface area contributed by atoms with E-state index in [1.807, 2.05) is 31.2 Å². The first-order chi connectivity index (χ1) is 11.2. The fourth-order valence-corrected chi connectivity index (χ4v) is 1.89. The highest BCUT2D eigenvalue weighted by Crippen LogP contribution is 2.21. The summed E-state index contributed by atoms with van der Waals surface area (Å²) in [6.45, 7) is 2.94. The molecule has 5 nitrogen and oxygen atoms in total. The van der Waals surface area contributed by atoms with Crippen LogP contribution in [-0.2, 0) is 0 Å². The minimum Gasteiger partial charge on any atom is -0.494 e. The molecule has 0 fully saturated rings. The van der Waals surface area contributed by atoms with Gasteiger partial charge < -0.3 is 10.1 Å². The summed E-state index contributed by atoms with van der Waals surface area (Å²) < 4.78 is 5.37. The summed E-state index contributed by atoms with van der Waals surface area (Å²) in [6.07, 6.45) is 0. The average molecular weight is 327 g/mol. The van der Waals surface area contributed by atoms with Crippen LogP contribution in [0.3, 0.4) is 0 Å². The zero-order chi connectivity index (χ0) is 16.5. The van der Waals surface area contributed by atoms with Gasteiger partial charge in [0.15, 0.2) is 0 Å². The van der Waals surface area contributed by atoms with Gasteiger partial charge >= 0.3 is 0 Å². The van der Waals surface area contributed by atoms with E-state index in [-0.39, 0.29) is 5.91 Å². The standard InChI is InChI=1S/C17H17N3O2S/c1-2-22-16-9-7-15(8-10-16)20-19-14-5-3-13(4-6-14)17(21)18-11-12-23/h3-10,12H,2,11H2,1H3,(H,18,21). The smallest absolute Gasteiger partial charge is 0.251 e. The molecule has 1 N–H and O–H groups in total. The van der Waals surface area contributed by atoms with Crippen molar-refractivity contribution >= 4 is 34.9 Å². The molecule has 0 heterocycles. The van der Waals surface area contributed by atoms with Gasteiger partial charge in [-0.2, -0.15) is 10.2 Å². The van der Waals surface area contributed by atoms with Gasteiger partial charge in [-0.25, -0.2) is 0 Å². The van der Waals surface area contributed by atoms with Crippen LogP contribution in [0.1, 0.15) is 17.3 Å². The number of carbonyl (C=O) groups excluding carboxylic acids is 1. The van der Waals surface area contributed by atoms with Gasteiger partial charge in [0.2, 0.25) is 0 Å². The fraction of sp³-hybridized carbons (Fsp3) is 0.176. The third-order valence-corrected chi connectivity index (χ3v) is 3.07. The van der Waals surface area contributed by atoms with Crippen LogP contribution in [0.5, 0.6) is 5.75 Å². The second-order valence-electron chi connectivity index (χ2n) is 4.55. The van der Waals surface area contributed by atoms with E-state index in [9.17, 15) is 4.79 Å². The van der Waals surface area contributed by atoms with E-state index in [2.05, 4.69) is 27.8 Å². The maximum Gasteiger partial charge on any atom is 0.251 e. The van der Waals surface area contributed by atoms with E-state index < -0.39 is 0 Å². The first-order valence-electron chi connectivity index (χ1n) is 7.19. The minimum atomic E-state index is -0.166.